The topological polar surface area (TPSA) is 125 Å². The standard InChI is InChI=1S/C18H14N4O4/c19-11-14(12-20-15-7-4-8-16(10-15)22(25)26)18(24)21-17(23)9-13-5-2-1-3-6-13/h1-8,10,12,20H,9H2,(H,21,23,24)/b14-12+. The Hall–Kier alpha value is -3.99. The number of rotatable bonds is 6. The second-order valence-corrected chi connectivity index (χ2v) is 5.16. The predicted molar refractivity (Wildman–Crippen MR) is 93.7 cm³/mol. The lowest BCUT2D eigenvalue weighted by molar-refractivity contribution is -0.384. The number of benzene rings is 2. The van der Waals surface area contributed by atoms with Gasteiger partial charge in [-0.25, -0.2) is 0 Å². The van der Waals surface area contributed by atoms with E-state index in [9.17, 15) is 19.7 Å². The molecule has 0 radical (unpaired) electrons. The monoisotopic (exact) mass is 350 g/mol. The van der Waals surface area contributed by atoms with Crippen molar-refractivity contribution in [2.75, 3.05) is 5.32 Å². The number of carbonyl (C=O) groups excluding carboxylic acids is 2. The molecule has 0 fully saturated rings. The molecule has 0 bridgehead atoms. The van der Waals surface area contributed by atoms with Crippen molar-refractivity contribution in [3.05, 3.63) is 82.0 Å². The zero-order chi connectivity index (χ0) is 18.9. The molecular weight excluding hydrogens is 336 g/mol. The minimum atomic E-state index is -0.855. The molecule has 0 heterocycles. The number of nitrogens with one attached hydrogen (secondary N) is 2. The normalized spacial score (nSPS) is 10.5. The molecule has 0 spiro atoms. The van der Waals surface area contributed by atoms with Crippen molar-refractivity contribution in [1.29, 1.82) is 5.26 Å². The van der Waals surface area contributed by atoms with Gasteiger partial charge in [-0.1, -0.05) is 36.4 Å². The molecule has 0 saturated carbocycles. The number of nitro groups is 1. The molecule has 0 unspecified atom stereocenters. The van der Waals surface area contributed by atoms with Crippen molar-refractivity contribution in [3.8, 4) is 6.07 Å². The smallest absolute Gasteiger partial charge is 0.271 e. The van der Waals surface area contributed by atoms with Gasteiger partial charge >= 0.3 is 0 Å². The van der Waals surface area contributed by atoms with Gasteiger partial charge in [0.05, 0.1) is 11.3 Å². The summed E-state index contributed by atoms with van der Waals surface area (Å²) in [5, 5.41) is 24.6. The number of amides is 2. The zero-order valence-corrected chi connectivity index (χ0v) is 13.5. The molecule has 26 heavy (non-hydrogen) atoms. The highest BCUT2D eigenvalue weighted by atomic mass is 16.6. The third kappa shape index (κ3) is 5.28. The molecule has 2 aromatic carbocycles. The maximum absolute atomic E-state index is 12.0. The summed E-state index contributed by atoms with van der Waals surface area (Å²) in [7, 11) is 0. The molecule has 2 N–H and O–H groups in total. The third-order valence-electron chi connectivity index (χ3n) is 3.27. The average Bonchev–Trinajstić information content (AvgIpc) is 2.63. The van der Waals surface area contributed by atoms with Crippen LogP contribution in [0.2, 0.25) is 0 Å². The van der Waals surface area contributed by atoms with Gasteiger partial charge in [0, 0.05) is 24.0 Å². The first-order chi connectivity index (χ1) is 12.5. The van der Waals surface area contributed by atoms with E-state index in [1.165, 1.54) is 24.3 Å². The van der Waals surface area contributed by atoms with Gasteiger partial charge in [-0.15, -0.1) is 0 Å². The van der Waals surface area contributed by atoms with Gasteiger partial charge in [-0.05, 0) is 11.6 Å². The number of non-ortho nitro benzene ring substituents is 1. The van der Waals surface area contributed by atoms with Crippen LogP contribution in [0.4, 0.5) is 11.4 Å². The largest absolute Gasteiger partial charge is 0.360 e. The fourth-order valence-corrected chi connectivity index (χ4v) is 2.03. The Balaban J connectivity index is 2.00. The number of carbonyl (C=O) groups is 2. The number of hydrogen-bond donors (Lipinski definition) is 2. The molecule has 2 aromatic rings. The Morgan fingerprint density at radius 3 is 2.54 bits per heavy atom. The van der Waals surface area contributed by atoms with Gasteiger partial charge in [0.25, 0.3) is 11.6 Å². The SMILES string of the molecule is N#C/C(=C\Nc1cccc([N+](=O)[O-])c1)C(=O)NC(=O)Cc1ccccc1. The molecule has 0 aliphatic carbocycles. The van der Waals surface area contributed by atoms with E-state index >= 15 is 0 Å². The van der Waals surface area contributed by atoms with E-state index in [-0.39, 0.29) is 17.7 Å². The van der Waals surface area contributed by atoms with Gasteiger partial charge in [-0.3, -0.25) is 25.0 Å². The molecule has 0 aliphatic rings. The summed E-state index contributed by atoms with van der Waals surface area (Å²) in [6.45, 7) is 0. The first kappa shape index (κ1) is 18.4. The summed E-state index contributed by atoms with van der Waals surface area (Å²) < 4.78 is 0. The summed E-state index contributed by atoms with van der Waals surface area (Å²) in [4.78, 5) is 34.0. The lowest BCUT2D eigenvalue weighted by Crippen LogP contribution is -2.32. The Labute approximate surface area is 148 Å². The van der Waals surface area contributed by atoms with Crippen LogP contribution in [-0.4, -0.2) is 16.7 Å². The van der Waals surface area contributed by atoms with Gasteiger partial charge < -0.3 is 5.32 Å². The van der Waals surface area contributed by atoms with Crippen molar-refractivity contribution in [2.45, 2.75) is 6.42 Å². The van der Waals surface area contributed by atoms with Crippen molar-refractivity contribution < 1.29 is 14.5 Å². The highest BCUT2D eigenvalue weighted by molar-refractivity contribution is 6.07. The molecule has 8 nitrogen and oxygen atoms in total. The summed E-state index contributed by atoms with van der Waals surface area (Å²) in [6, 6.07) is 16.1. The maximum atomic E-state index is 12.0. The molecular formula is C18H14N4O4. The Morgan fingerprint density at radius 2 is 1.88 bits per heavy atom. The van der Waals surface area contributed by atoms with Crippen molar-refractivity contribution in [1.82, 2.24) is 5.32 Å². The summed E-state index contributed by atoms with van der Waals surface area (Å²) in [6.07, 6.45) is 1.09. The number of imide groups is 1. The minimum absolute atomic E-state index is 0.00357. The molecule has 0 aliphatic heterocycles. The molecule has 2 amide bonds. The molecule has 0 atom stereocenters. The first-order valence-electron chi connectivity index (χ1n) is 7.49. The summed E-state index contributed by atoms with van der Waals surface area (Å²) in [5.41, 5.74) is 0.590. The second kappa shape index (κ2) is 8.75. The maximum Gasteiger partial charge on any atom is 0.271 e. The summed E-state index contributed by atoms with van der Waals surface area (Å²) in [5.74, 6) is -1.40. The van der Waals surface area contributed by atoms with Gasteiger partial charge in [0.2, 0.25) is 5.91 Å². The number of nitro benzene ring substituents is 1. The van der Waals surface area contributed by atoms with Crippen molar-refractivity contribution >= 4 is 23.2 Å². The Morgan fingerprint density at radius 1 is 1.15 bits per heavy atom. The predicted octanol–water partition coefficient (Wildman–Crippen LogP) is 2.30. The van der Waals surface area contributed by atoms with Crippen molar-refractivity contribution in [2.24, 2.45) is 0 Å². The number of anilines is 1. The van der Waals surface area contributed by atoms with Crippen molar-refractivity contribution in [3.63, 3.8) is 0 Å². The molecule has 8 heteroatoms. The van der Waals surface area contributed by atoms with E-state index in [1.54, 1.807) is 30.3 Å². The van der Waals surface area contributed by atoms with Crippen LogP contribution in [0.15, 0.2) is 66.4 Å². The first-order valence-corrected chi connectivity index (χ1v) is 7.49. The van der Waals surface area contributed by atoms with Crippen LogP contribution in [0, 0.1) is 21.4 Å². The van der Waals surface area contributed by atoms with E-state index in [1.807, 2.05) is 6.07 Å². The van der Waals surface area contributed by atoms with Crippen LogP contribution in [0.3, 0.4) is 0 Å². The van der Waals surface area contributed by atoms with E-state index in [0.717, 1.165) is 11.8 Å². The highest BCUT2D eigenvalue weighted by Gasteiger charge is 2.13. The molecule has 0 aromatic heterocycles. The van der Waals surface area contributed by atoms with Crippen LogP contribution in [-0.2, 0) is 16.0 Å². The van der Waals surface area contributed by atoms with E-state index in [2.05, 4.69) is 10.6 Å². The molecule has 0 saturated heterocycles. The Bertz CT molecular complexity index is 901. The van der Waals surface area contributed by atoms with Crippen LogP contribution in [0.5, 0.6) is 0 Å². The van der Waals surface area contributed by atoms with Crippen LogP contribution in [0.1, 0.15) is 5.56 Å². The van der Waals surface area contributed by atoms with E-state index in [4.69, 9.17) is 5.26 Å². The molecule has 2 rings (SSSR count). The average molecular weight is 350 g/mol. The number of hydrogen-bond acceptors (Lipinski definition) is 6. The van der Waals surface area contributed by atoms with Crippen LogP contribution in [0.25, 0.3) is 0 Å². The fourth-order valence-electron chi connectivity index (χ4n) is 2.03. The number of nitrogens with zero attached hydrogens (tertiary/aromatic N) is 2. The van der Waals surface area contributed by atoms with Gasteiger partial charge in [0.15, 0.2) is 0 Å². The molecule has 130 valence electrons. The minimum Gasteiger partial charge on any atom is -0.360 e. The van der Waals surface area contributed by atoms with Crippen LogP contribution >= 0.6 is 0 Å². The van der Waals surface area contributed by atoms with Gasteiger partial charge in [0.1, 0.15) is 11.6 Å². The fraction of sp³-hybridized carbons (Fsp3) is 0.0556. The number of nitriles is 1. The third-order valence-corrected chi connectivity index (χ3v) is 3.27. The summed E-state index contributed by atoms with van der Waals surface area (Å²) >= 11 is 0. The zero-order valence-electron chi connectivity index (χ0n) is 13.5. The second-order valence-electron chi connectivity index (χ2n) is 5.16. The Kier molecular flexibility index (Phi) is 6.17. The van der Waals surface area contributed by atoms with E-state index < -0.39 is 16.7 Å². The lowest BCUT2D eigenvalue weighted by atomic mass is 10.1. The quantitative estimate of drug-likeness (QED) is 0.356. The van der Waals surface area contributed by atoms with Crippen LogP contribution < -0.4 is 10.6 Å². The van der Waals surface area contributed by atoms with E-state index in [0.29, 0.717) is 5.69 Å². The highest BCUT2D eigenvalue weighted by Crippen LogP contribution is 2.17. The lowest BCUT2D eigenvalue weighted by Gasteiger charge is -2.05. The van der Waals surface area contributed by atoms with Gasteiger partial charge in [-0.2, -0.15) is 5.26 Å².